The summed E-state index contributed by atoms with van der Waals surface area (Å²) >= 11 is 0. The monoisotopic (exact) mass is 539 g/mol. The molecule has 208 valence electrons. The molecule has 3 aromatic rings. The number of unbranched alkanes of at least 4 members (excludes halogenated alkanes) is 4. The molecule has 7 nitrogen and oxygen atoms in total. The Labute approximate surface area is 236 Å². The van der Waals surface area contributed by atoms with Gasteiger partial charge < -0.3 is 9.80 Å². The van der Waals surface area contributed by atoms with Crippen LogP contribution in [0.15, 0.2) is 84.9 Å². The number of hydrogen-bond acceptors (Lipinski definition) is 4. The third-order valence-corrected chi connectivity index (χ3v) is 7.43. The minimum Gasteiger partial charge on any atom is -0.309 e. The van der Waals surface area contributed by atoms with E-state index in [1.165, 1.54) is 31.1 Å². The van der Waals surface area contributed by atoms with Gasteiger partial charge in [-0.1, -0.05) is 69.0 Å². The molecule has 0 bridgehead atoms. The van der Waals surface area contributed by atoms with Crippen molar-refractivity contribution in [2.24, 2.45) is 0 Å². The first-order chi connectivity index (χ1) is 19.4. The van der Waals surface area contributed by atoms with Crippen LogP contribution in [0.4, 0.5) is 17.1 Å². The normalized spacial score (nSPS) is 16.5. The van der Waals surface area contributed by atoms with Gasteiger partial charge in [-0.2, -0.15) is 0 Å². The highest BCUT2D eigenvalue weighted by Crippen LogP contribution is 2.42. The van der Waals surface area contributed by atoms with E-state index in [1.54, 1.807) is 23.1 Å². The summed E-state index contributed by atoms with van der Waals surface area (Å²) in [7, 11) is 0. The van der Waals surface area contributed by atoms with Crippen LogP contribution < -0.4 is 9.80 Å². The molecule has 1 aliphatic rings. The third-order valence-electron chi connectivity index (χ3n) is 7.43. The van der Waals surface area contributed by atoms with E-state index in [0.717, 1.165) is 36.2 Å². The maximum absolute atomic E-state index is 13.8. The Morgan fingerprint density at radius 2 is 1.62 bits per heavy atom. The topological polar surface area (TPSA) is 83.8 Å². The molecule has 2 amide bonds. The highest BCUT2D eigenvalue weighted by Gasteiger charge is 2.37. The second-order valence-electron chi connectivity index (χ2n) is 10.3. The molecule has 1 heterocycles. The van der Waals surface area contributed by atoms with Crippen molar-refractivity contribution in [3.05, 3.63) is 106 Å². The van der Waals surface area contributed by atoms with Crippen LogP contribution in [-0.2, 0) is 9.59 Å². The highest BCUT2D eigenvalue weighted by atomic mass is 16.6. The molecule has 0 saturated heterocycles. The van der Waals surface area contributed by atoms with Crippen molar-refractivity contribution >= 4 is 35.0 Å². The summed E-state index contributed by atoms with van der Waals surface area (Å²) in [6, 6.07) is 23.2. The van der Waals surface area contributed by atoms with Gasteiger partial charge in [0.05, 0.1) is 11.0 Å². The molecule has 0 fully saturated rings. The lowest BCUT2D eigenvalue weighted by Crippen LogP contribution is -2.47. The van der Waals surface area contributed by atoms with Gasteiger partial charge in [0.15, 0.2) is 0 Å². The molecule has 0 unspecified atom stereocenters. The van der Waals surface area contributed by atoms with Crippen molar-refractivity contribution < 1.29 is 14.5 Å². The van der Waals surface area contributed by atoms with Crippen molar-refractivity contribution in [3.8, 4) is 0 Å². The molecule has 0 saturated carbocycles. The van der Waals surface area contributed by atoms with Gasteiger partial charge >= 0.3 is 0 Å². The van der Waals surface area contributed by atoms with E-state index in [0.29, 0.717) is 18.4 Å². The van der Waals surface area contributed by atoms with Crippen LogP contribution >= 0.6 is 0 Å². The molecule has 0 spiro atoms. The Bertz CT molecular complexity index is 1340. The maximum atomic E-state index is 13.8. The van der Waals surface area contributed by atoms with Gasteiger partial charge in [0, 0.05) is 42.0 Å². The maximum Gasteiger partial charge on any atom is 0.269 e. The third kappa shape index (κ3) is 6.84. The van der Waals surface area contributed by atoms with Crippen molar-refractivity contribution in [3.63, 3.8) is 0 Å². The van der Waals surface area contributed by atoms with Crippen molar-refractivity contribution in [2.45, 2.75) is 70.9 Å². The molecule has 0 N–H and O–H groups in total. The highest BCUT2D eigenvalue weighted by molar-refractivity contribution is 6.05. The van der Waals surface area contributed by atoms with Gasteiger partial charge in [0.2, 0.25) is 5.91 Å². The van der Waals surface area contributed by atoms with Crippen molar-refractivity contribution in [1.82, 2.24) is 0 Å². The number of carbonyl (C=O) groups is 2. The molecule has 4 rings (SSSR count). The minimum atomic E-state index is -0.446. The molecule has 40 heavy (non-hydrogen) atoms. The molecule has 0 aliphatic carbocycles. The van der Waals surface area contributed by atoms with Gasteiger partial charge in [0.1, 0.15) is 0 Å². The summed E-state index contributed by atoms with van der Waals surface area (Å²) in [5, 5.41) is 11.0. The molecule has 0 radical (unpaired) electrons. The van der Waals surface area contributed by atoms with Crippen LogP contribution in [0.25, 0.3) is 6.08 Å². The van der Waals surface area contributed by atoms with Crippen molar-refractivity contribution in [1.29, 1.82) is 0 Å². The van der Waals surface area contributed by atoms with Crippen LogP contribution in [0.3, 0.4) is 0 Å². The number of rotatable bonds is 11. The number of non-ortho nitro benzene ring substituents is 1. The Hall–Kier alpha value is -4.26. The Morgan fingerprint density at radius 3 is 2.33 bits per heavy atom. The summed E-state index contributed by atoms with van der Waals surface area (Å²) < 4.78 is 0. The van der Waals surface area contributed by atoms with Crippen LogP contribution in [0, 0.1) is 10.1 Å². The van der Waals surface area contributed by atoms with Crippen molar-refractivity contribution in [2.75, 3.05) is 9.80 Å². The van der Waals surface area contributed by atoms with E-state index in [9.17, 15) is 19.7 Å². The summed E-state index contributed by atoms with van der Waals surface area (Å²) in [5.74, 6) is -0.0715. The number of para-hydroxylation sites is 2. The molecule has 7 heteroatoms. The van der Waals surface area contributed by atoms with Crippen LogP contribution in [0.5, 0.6) is 0 Å². The average molecular weight is 540 g/mol. The van der Waals surface area contributed by atoms with E-state index in [-0.39, 0.29) is 29.6 Å². The number of nitro groups is 1. The number of fused-ring (bicyclic) bond motifs is 1. The fourth-order valence-corrected chi connectivity index (χ4v) is 5.41. The Morgan fingerprint density at radius 1 is 0.950 bits per heavy atom. The van der Waals surface area contributed by atoms with Gasteiger partial charge in [0.25, 0.3) is 11.6 Å². The number of carbonyl (C=O) groups excluding carboxylic acids is 2. The summed E-state index contributed by atoms with van der Waals surface area (Å²) in [6.07, 6.45) is 9.77. The minimum absolute atomic E-state index is 0.00208. The lowest BCUT2D eigenvalue weighted by atomic mass is 9.89. The number of nitrogens with zero attached hydrogens (tertiary/aromatic N) is 3. The van der Waals surface area contributed by atoms with E-state index < -0.39 is 4.92 Å². The van der Waals surface area contributed by atoms with Gasteiger partial charge in [-0.05, 0) is 67.3 Å². The Balaban J connectivity index is 1.62. The molecule has 2 atom stereocenters. The van der Waals surface area contributed by atoms with Gasteiger partial charge in [-0.15, -0.1) is 0 Å². The van der Waals surface area contributed by atoms with Crippen LogP contribution in [0.1, 0.15) is 76.0 Å². The van der Waals surface area contributed by atoms with Crippen LogP contribution in [0.2, 0.25) is 0 Å². The van der Waals surface area contributed by atoms with E-state index >= 15 is 0 Å². The SMILES string of the molecule is CCCCCCCC(=O)N1c2ccccc2[C@H](N(C(=O)/C=C/c2ccc([N+](=O)[O-])cc2)c2ccccc2)C[C@H]1C. The fourth-order valence-electron chi connectivity index (χ4n) is 5.41. The van der Waals surface area contributed by atoms with E-state index in [4.69, 9.17) is 0 Å². The molecular formula is C33H37N3O4. The summed E-state index contributed by atoms with van der Waals surface area (Å²) in [6.45, 7) is 4.24. The predicted octanol–water partition coefficient (Wildman–Crippen LogP) is 7.87. The lowest BCUT2D eigenvalue weighted by molar-refractivity contribution is -0.384. The zero-order chi connectivity index (χ0) is 28.5. The molecule has 0 aromatic heterocycles. The standard InChI is InChI=1S/C33H37N3O4/c1-3-4-5-6-10-17-32(37)34-25(2)24-31(29-15-11-12-16-30(29)34)35(27-13-8-7-9-14-27)33(38)23-20-26-18-21-28(22-19-26)36(39)40/h7-9,11-16,18-23,25,31H,3-6,10,17,24H2,1-2H3/b23-20+/t25-,31-/m1/s1. The number of anilines is 2. The zero-order valence-corrected chi connectivity index (χ0v) is 23.2. The predicted molar refractivity (Wildman–Crippen MR) is 160 cm³/mol. The zero-order valence-electron chi connectivity index (χ0n) is 23.2. The first kappa shape index (κ1) is 28.7. The number of benzene rings is 3. The van der Waals surface area contributed by atoms with Gasteiger partial charge in [-0.25, -0.2) is 0 Å². The lowest BCUT2D eigenvalue weighted by Gasteiger charge is -2.43. The molecular weight excluding hydrogens is 502 g/mol. The van der Waals surface area contributed by atoms with E-state index in [2.05, 4.69) is 13.8 Å². The number of nitro benzene ring substituents is 1. The van der Waals surface area contributed by atoms with Crippen LogP contribution in [-0.4, -0.2) is 22.8 Å². The van der Waals surface area contributed by atoms with E-state index in [1.807, 2.05) is 59.5 Å². The number of hydrogen-bond donors (Lipinski definition) is 0. The summed E-state index contributed by atoms with van der Waals surface area (Å²) in [4.78, 5) is 41.5. The quantitative estimate of drug-likeness (QED) is 0.107. The second-order valence-corrected chi connectivity index (χ2v) is 10.3. The largest absolute Gasteiger partial charge is 0.309 e. The molecule has 1 aliphatic heterocycles. The summed E-state index contributed by atoms with van der Waals surface area (Å²) in [5.41, 5.74) is 3.27. The average Bonchev–Trinajstić information content (AvgIpc) is 2.97. The second kappa shape index (κ2) is 13.7. The number of amides is 2. The Kier molecular flexibility index (Phi) is 9.84. The van der Waals surface area contributed by atoms with Gasteiger partial charge in [-0.3, -0.25) is 19.7 Å². The fraction of sp³-hybridized carbons (Fsp3) is 0.333. The molecule has 3 aromatic carbocycles. The smallest absolute Gasteiger partial charge is 0.269 e. The first-order valence-corrected chi connectivity index (χ1v) is 14.1. The first-order valence-electron chi connectivity index (χ1n) is 14.1.